The van der Waals surface area contributed by atoms with Gasteiger partial charge in [-0.1, -0.05) is 12.1 Å². The summed E-state index contributed by atoms with van der Waals surface area (Å²) in [6.45, 7) is 0.532. The van der Waals surface area contributed by atoms with Crippen molar-refractivity contribution in [2.45, 2.75) is 6.54 Å². The third kappa shape index (κ3) is 2.42. The van der Waals surface area contributed by atoms with Crippen molar-refractivity contribution in [2.75, 3.05) is 6.61 Å². The summed E-state index contributed by atoms with van der Waals surface area (Å²) in [5.74, 6) is -0.226. The molecule has 0 unspecified atom stereocenters. The number of rotatable bonds is 4. The molecule has 4 nitrogen and oxygen atoms in total. The van der Waals surface area contributed by atoms with Crippen LogP contribution in [-0.2, 0) is 6.54 Å². The lowest BCUT2D eigenvalue weighted by atomic mass is 10.3. The van der Waals surface area contributed by atoms with E-state index < -0.39 is 5.82 Å². The zero-order valence-corrected chi connectivity index (χ0v) is 11.3. The Morgan fingerprint density at radius 1 is 1.30 bits per heavy atom. The number of para-hydroxylation sites is 1. The quantitative estimate of drug-likeness (QED) is 0.742. The molecule has 2 aromatic heterocycles. The second-order valence-electron chi connectivity index (χ2n) is 4.16. The molecule has 0 saturated carbocycles. The highest BCUT2D eigenvalue weighted by atomic mass is 32.1. The van der Waals surface area contributed by atoms with Gasteiger partial charge in [0.25, 0.3) is 5.56 Å². The Kier molecular flexibility index (Phi) is 3.47. The highest BCUT2D eigenvalue weighted by molar-refractivity contribution is 7.16. The molecule has 0 spiro atoms. The van der Waals surface area contributed by atoms with Crippen LogP contribution in [0.5, 0.6) is 5.75 Å². The molecule has 6 heteroatoms. The molecular weight excluding hydrogens is 279 g/mol. The molecule has 0 fully saturated rings. The van der Waals surface area contributed by atoms with Gasteiger partial charge in [0, 0.05) is 0 Å². The zero-order chi connectivity index (χ0) is 13.9. The van der Waals surface area contributed by atoms with Crippen molar-refractivity contribution in [3.63, 3.8) is 0 Å². The molecule has 102 valence electrons. The first-order valence-corrected chi connectivity index (χ1v) is 6.93. The molecule has 0 bridgehead atoms. The molecule has 2 heterocycles. The third-order valence-electron chi connectivity index (χ3n) is 2.88. The van der Waals surface area contributed by atoms with Gasteiger partial charge in [-0.3, -0.25) is 9.36 Å². The lowest BCUT2D eigenvalue weighted by molar-refractivity contribution is 0.282. The minimum Gasteiger partial charge on any atom is -0.489 e. The highest BCUT2D eigenvalue weighted by Crippen LogP contribution is 2.15. The first kappa shape index (κ1) is 12.8. The van der Waals surface area contributed by atoms with Gasteiger partial charge in [0.15, 0.2) is 11.6 Å². The molecule has 0 radical (unpaired) electrons. The van der Waals surface area contributed by atoms with Gasteiger partial charge < -0.3 is 4.74 Å². The third-order valence-corrected chi connectivity index (χ3v) is 3.70. The van der Waals surface area contributed by atoms with Crippen molar-refractivity contribution in [2.24, 2.45) is 0 Å². The number of hydrogen-bond acceptors (Lipinski definition) is 4. The summed E-state index contributed by atoms with van der Waals surface area (Å²) in [4.78, 5) is 17.0. The van der Waals surface area contributed by atoms with Crippen LogP contribution in [0, 0.1) is 5.82 Å². The lowest BCUT2D eigenvalue weighted by Crippen LogP contribution is -2.23. The van der Waals surface area contributed by atoms with Gasteiger partial charge in [-0.15, -0.1) is 11.3 Å². The second kappa shape index (κ2) is 5.42. The molecule has 20 heavy (non-hydrogen) atoms. The maximum Gasteiger partial charge on any atom is 0.262 e. The molecule has 0 aliphatic heterocycles. The topological polar surface area (TPSA) is 44.1 Å². The Morgan fingerprint density at radius 3 is 3.00 bits per heavy atom. The number of benzene rings is 1. The number of aromatic nitrogens is 2. The minimum absolute atomic E-state index is 0.103. The highest BCUT2D eigenvalue weighted by Gasteiger charge is 2.06. The van der Waals surface area contributed by atoms with E-state index >= 15 is 0 Å². The van der Waals surface area contributed by atoms with E-state index in [1.54, 1.807) is 24.3 Å². The van der Waals surface area contributed by atoms with E-state index in [1.165, 1.54) is 28.3 Å². The number of fused-ring (bicyclic) bond motifs is 1. The first-order chi connectivity index (χ1) is 9.75. The van der Waals surface area contributed by atoms with Crippen LogP contribution in [0.25, 0.3) is 10.2 Å². The molecule has 0 amide bonds. The van der Waals surface area contributed by atoms with E-state index in [-0.39, 0.29) is 17.9 Å². The number of hydrogen-bond donors (Lipinski definition) is 0. The van der Waals surface area contributed by atoms with Crippen LogP contribution in [0.3, 0.4) is 0 Å². The van der Waals surface area contributed by atoms with Gasteiger partial charge >= 0.3 is 0 Å². The average Bonchev–Trinajstić information content (AvgIpc) is 2.93. The molecule has 0 aliphatic rings. The normalized spacial score (nSPS) is 10.8. The van der Waals surface area contributed by atoms with Crippen LogP contribution < -0.4 is 10.3 Å². The molecule has 3 aromatic rings. The Morgan fingerprint density at radius 2 is 2.15 bits per heavy atom. The lowest BCUT2D eigenvalue weighted by Gasteiger charge is -2.08. The predicted molar refractivity (Wildman–Crippen MR) is 75.8 cm³/mol. The Hall–Kier alpha value is -2.21. The minimum atomic E-state index is -0.411. The number of nitrogens with zero attached hydrogens (tertiary/aromatic N) is 2. The Balaban J connectivity index is 1.73. The van der Waals surface area contributed by atoms with Crippen molar-refractivity contribution >= 4 is 21.6 Å². The van der Waals surface area contributed by atoms with Crippen LogP contribution in [0.4, 0.5) is 4.39 Å². The van der Waals surface area contributed by atoms with Gasteiger partial charge in [-0.05, 0) is 23.6 Å². The fourth-order valence-electron chi connectivity index (χ4n) is 1.87. The van der Waals surface area contributed by atoms with E-state index in [4.69, 9.17) is 4.74 Å². The van der Waals surface area contributed by atoms with E-state index in [0.717, 1.165) is 4.83 Å². The molecule has 3 rings (SSSR count). The number of halogens is 1. The van der Waals surface area contributed by atoms with Crippen LogP contribution in [-0.4, -0.2) is 16.2 Å². The van der Waals surface area contributed by atoms with Crippen molar-refractivity contribution in [1.82, 2.24) is 9.55 Å². The summed E-state index contributed by atoms with van der Waals surface area (Å²) in [7, 11) is 0. The van der Waals surface area contributed by atoms with Crippen molar-refractivity contribution in [1.29, 1.82) is 0 Å². The average molecular weight is 290 g/mol. The SMILES string of the molecule is O=c1c2ccsc2ncn1CCOc1ccccc1F. The van der Waals surface area contributed by atoms with Gasteiger partial charge in [-0.25, -0.2) is 9.37 Å². The van der Waals surface area contributed by atoms with Crippen LogP contribution in [0.2, 0.25) is 0 Å². The molecule has 0 saturated heterocycles. The zero-order valence-electron chi connectivity index (χ0n) is 10.5. The van der Waals surface area contributed by atoms with Gasteiger partial charge in [-0.2, -0.15) is 0 Å². The molecule has 0 N–H and O–H groups in total. The number of ether oxygens (including phenoxy) is 1. The molecular formula is C14H11FN2O2S. The standard InChI is InChI=1S/C14H11FN2O2S/c15-11-3-1-2-4-12(11)19-7-6-17-9-16-13-10(14(17)18)5-8-20-13/h1-5,8-9H,6-7H2. The van der Waals surface area contributed by atoms with Crippen LogP contribution >= 0.6 is 11.3 Å². The van der Waals surface area contributed by atoms with Crippen LogP contribution in [0.15, 0.2) is 46.8 Å². The summed E-state index contributed by atoms with van der Waals surface area (Å²) in [6.07, 6.45) is 1.49. The summed E-state index contributed by atoms with van der Waals surface area (Å²) >= 11 is 1.43. The van der Waals surface area contributed by atoms with E-state index in [1.807, 2.05) is 5.38 Å². The largest absolute Gasteiger partial charge is 0.489 e. The fourth-order valence-corrected chi connectivity index (χ4v) is 2.59. The smallest absolute Gasteiger partial charge is 0.262 e. The summed E-state index contributed by atoms with van der Waals surface area (Å²) in [5, 5.41) is 2.43. The maximum absolute atomic E-state index is 13.4. The van der Waals surface area contributed by atoms with E-state index in [2.05, 4.69) is 4.98 Å². The van der Waals surface area contributed by atoms with Crippen molar-refractivity contribution < 1.29 is 9.13 Å². The Bertz CT molecular complexity index is 797. The van der Waals surface area contributed by atoms with Crippen LogP contribution in [0.1, 0.15) is 0 Å². The fraction of sp³-hybridized carbons (Fsp3) is 0.143. The van der Waals surface area contributed by atoms with Crippen molar-refractivity contribution in [3.05, 3.63) is 58.2 Å². The molecule has 0 atom stereocenters. The second-order valence-corrected chi connectivity index (χ2v) is 5.06. The van der Waals surface area contributed by atoms with Gasteiger partial charge in [0.1, 0.15) is 11.4 Å². The van der Waals surface area contributed by atoms with Crippen molar-refractivity contribution in [3.8, 4) is 5.75 Å². The molecule has 0 aliphatic carbocycles. The van der Waals surface area contributed by atoms with E-state index in [9.17, 15) is 9.18 Å². The first-order valence-electron chi connectivity index (χ1n) is 6.05. The monoisotopic (exact) mass is 290 g/mol. The molecule has 1 aromatic carbocycles. The van der Waals surface area contributed by atoms with E-state index in [0.29, 0.717) is 11.9 Å². The maximum atomic E-state index is 13.4. The van der Waals surface area contributed by atoms with Gasteiger partial charge in [0.2, 0.25) is 0 Å². The predicted octanol–water partition coefficient (Wildman–Crippen LogP) is 2.68. The summed E-state index contributed by atoms with van der Waals surface area (Å²) < 4.78 is 20.2. The summed E-state index contributed by atoms with van der Waals surface area (Å²) in [5.41, 5.74) is -0.103. The van der Waals surface area contributed by atoms with Gasteiger partial charge in [0.05, 0.1) is 18.3 Å². The summed E-state index contributed by atoms with van der Waals surface area (Å²) in [6, 6.07) is 7.94. The Labute approximate surface area is 118 Å². The number of thiophene rings is 1.